The number of nitrogens with zero attached hydrogens (tertiary/aromatic N) is 9. The lowest BCUT2D eigenvalue weighted by Gasteiger charge is -2.28. The van der Waals surface area contributed by atoms with E-state index in [0.29, 0.717) is 0 Å². The third-order valence-electron chi connectivity index (χ3n) is 6.87. The maximum Gasteiger partial charge on any atom is 0.582 e. The van der Waals surface area contributed by atoms with Crippen LogP contribution >= 0.6 is 26.0 Å². The number of H-pyrrole nitrogens is 1. The molecule has 6 heterocycles. The Morgan fingerprint density at radius 2 is 1.80 bits per heavy atom. The van der Waals surface area contributed by atoms with Crippen LogP contribution in [-0.2, 0) is 34.9 Å². The Kier molecular flexibility index (Phi) is 8.32. The average Bonchev–Trinajstić information content (AvgIpc) is 3.72. The van der Waals surface area contributed by atoms with Crippen LogP contribution in [0.2, 0.25) is 0 Å². The largest absolute Gasteiger partial charge is 0.582 e. The normalized spacial score (nSPS) is 30.7. The molecule has 0 amide bonds. The van der Waals surface area contributed by atoms with Crippen molar-refractivity contribution in [3.63, 3.8) is 0 Å². The summed E-state index contributed by atoms with van der Waals surface area (Å²) in [5.41, 5.74) is 8.53. The number of hydrogen-bond acceptors (Lipinski definition) is 17. The topological polar surface area (TPSA) is 279 Å². The Labute approximate surface area is 253 Å². The molecule has 10 atom stereocenters. The molecule has 20 nitrogen and oxygen atoms in total. The number of nitrogens with one attached hydrogen (secondary N) is 1. The first-order valence-electron chi connectivity index (χ1n) is 12.3. The van der Waals surface area contributed by atoms with Gasteiger partial charge in [-0.2, -0.15) is 14.3 Å². The smallest absolute Gasteiger partial charge is 0.394 e. The van der Waals surface area contributed by atoms with Crippen LogP contribution in [0.1, 0.15) is 12.5 Å². The fourth-order valence-corrected chi connectivity index (χ4v) is 8.14. The highest BCUT2D eigenvalue weighted by Gasteiger charge is 2.56. The number of alkyl halides is 2. The molecule has 2 unspecified atom stereocenters. The van der Waals surface area contributed by atoms with Crippen LogP contribution < -0.4 is 17.0 Å². The number of nitrogen functional groups attached to an aromatic ring is 2. The highest BCUT2D eigenvalue weighted by molar-refractivity contribution is 8.39. The van der Waals surface area contributed by atoms with Gasteiger partial charge in [-0.25, -0.2) is 18.7 Å². The lowest BCUT2D eigenvalue weighted by molar-refractivity contribution is -0.0458. The second kappa shape index (κ2) is 11.8. The van der Waals surface area contributed by atoms with Crippen molar-refractivity contribution in [3.8, 4) is 0 Å². The highest BCUT2D eigenvalue weighted by atomic mass is 32.7. The number of ether oxygens (including phenoxy) is 2. The molecule has 0 saturated carbocycles. The Morgan fingerprint density at radius 3 is 2.50 bits per heavy atom. The lowest BCUT2D eigenvalue weighted by atomic mass is 10.1. The van der Waals surface area contributed by atoms with Crippen molar-refractivity contribution in [2.24, 2.45) is 0 Å². The molecule has 0 aliphatic carbocycles. The number of fused-ring (bicyclic) bond motifs is 2. The van der Waals surface area contributed by atoms with Gasteiger partial charge in [0.05, 0.1) is 13.2 Å². The minimum Gasteiger partial charge on any atom is -0.394 e. The van der Waals surface area contributed by atoms with Gasteiger partial charge >= 0.3 is 7.23 Å². The van der Waals surface area contributed by atoms with Crippen LogP contribution in [0.15, 0.2) is 11.1 Å². The maximum atomic E-state index is 15.7. The average molecular weight is 698 g/mol. The number of nitrogens with two attached hydrogens (primary N) is 2. The van der Waals surface area contributed by atoms with Gasteiger partial charge in [-0.15, -0.1) is 14.7 Å². The number of anilines is 2. The summed E-state index contributed by atoms with van der Waals surface area (Å²) in [5, 5.41) is 24.9. The molecule has 44 heavy (non-hydrogen) atoms. The van der Waals surface area contributed by atoms with Crippen LogP contribution in [0.5, 0.6) is 0 Å². The monoisotopic (exact) mass is 697 g/mol. The van der Waals surface area contributed by atoms with Crippen molar-refractivity contribution in [1.82, 2.24) is 49.9 Å². The van der Waals surface area contributed by atoms with E-state index in [-0.39, 0.29) is 34.1 Å². The molecule has 4 aromatic rings. The molecule has 0 aromatic carbocycles. The van der Waals surface area contributed by atoms with Gasteiger partial charge in [0.15, 0.2) is 59.4 Å². The van der Waals surface area contributed by atoms with E-state index in [0.717, 1.165) is 15.7 Å². The Balaban J connectivity index is 1.29. The van der Waals surface area contributed by atoms with Crippen LogP contribution in [0.25, 0.3) is 22.3 Å². The number of aromatic amines is 1. The second-order valence-electron chi connectivity index (χ2n) is 9.48. The lowest BCUT2D eigenvalue weighted by Crippen LogP contribution is -2.35. The quantitative estimate of drug-likeness (QED) is 0.0907. The number of aliphatic hydroxyl groups is 1. The van der Waals surface area contributed by atoms with Crippen molar-refractivity contribution in [3.05, 3.63) is 16.7 Å². The standard InChI is InChI=1S/C18H20F2N12O8P2S2/c19-6-4(1-33)38-17(32-14-9(28-30-32)15(34)26-18(22)25-14)11(6)42(36,44)37-2-5-10(40-41(35)43)7(20)16(39-5)31-13-8(27-29-31)12(21)23-3-24-13/h3-7,10-11,16-17,33H,1-2H2,(H6-,21,22,23,24,25,26,29,30,34,35,36,43,44)/p+1/t4-,5-,6-,7+,10-,11-,16-,17-,42?/m1/s1. The Morgan fingerprint density at radius 1 is 1.11 bits per heavy atom. The second-order valence-corrected chi connectivity index (χ2v) is 14.7. The SMILES string of the molecule is Nc1nc2c(nnn2[C@@H]2O[C@H](CO)[C@@H](F)[C@H]2P(O)(=S)OC[C@H]2O[C@@H](n3nnc4c(N)ncnc43)[C@@H](F)[C@@H]2O[P+](=O)S)c(=O)[nH]1. The van der Waals surface area contributed by atoms with E-state index in [4.69, 9.17) is 41.8 Å². The van der Waals surface area contributed by atoms with Gasteiger partial charge in [0.1, 0.15) is 42.6 Å². The number of aromatic nitrogens is 10. The number of thiol groups is 1. The van der Waals surface area contributed by atoms with Gasteiger partial charge < -0.3 is 35.5 Å². The fraction of sp³-hybridized carbons (Fsp3) is 0.556. The maximum absolute atomic E-state index is 15.7. The molecule has 2 saturated heterocycles. The number of aliphatic hydroxyl groups excluding tert-OH is 1. The predicted octanol–water partition coefficient (Wildman–Crippen LogP) is -0.963. The third kappa shape index (κ3) is 5.33. The zero-order valence-electron chi connectivity index (χ0n) is 21.6. The van der Waals surface area contributed by atoms with E-state index in [2.05, 4.69) is 52.8 Å². The first kappa shape index (κ1) is 31.1. The molecule has 0 bridgehead atoms. The molecule has 2 fully saturated rings. The number of halogens is 2. The molecule has 236 valence electrons. The molecule has 2 aliphatic heterocycles. The minimum atomic E-state index is -4.34. The van der Waals surface area contributed by atoms with Crippen LogP contribution in [-0.4, -0.2) is 109 Å². The summed E-state index contributed by atoms with van der Waals surface area (Å²) in [7, 11) is -2.67. The summed E-state index contributed by atoms with van der Waals surface area (Å²) in [4.78, 5) is 37.6. The van der Waals surface area contributed by atoms with Gasteiger partial charge in [-0.3, -0.25) is 9.78 Å². The van der Waals surface area contributed by atoms with Crippen molar-refractivity contribution < 1.29 is 41.9 Å². The molecular weight excluding hydrogens is 676 g/mol. The summed E-state index contributed by atoms with van der Waals surface area (Å²) >= 11 is 9.02. The van der Waals surface area contributed by atoms with Gasteiger partial charge in [-0.05, 0) is 16.4 Å². The first-order valence-corrected chi connectivity index (χ1v) is 17.4. The van der Waals surface area contributed by atoms with Crippen molar-refractivity contribution >= 4 is 71.9 Å². The summed E-state index contributed by atoms with van der Waals surface area (Å²) in [6.45, 7) is -5.87. The summed E-state index contributed by atoms with van der Waals surface area (Å²) < 4.78 is 67.2. The predicted molar refractivity (Wildman–Crippen MR) is 150 cm³/mol. The van der Waals surface area contributed by atoms with Gasteiger partial charge in [0.25, 0.3) is 5.56 Å². The van der Waals surface area contributed by atoms with Crippen LogP contribution in [0.4, 0.5) is 20.5 Å². The van der Waals surface area contributed by atoms with E-state index in [1.54, 1.807) is 0 Å². The first-order chi connectivity index (χ1) is 20.9. The van der Waals surface area contributed by atoms with Gasteiger partial charge in [0, 0.05) is 0 Å². The molecule has 0 radical (unpaired) electrons. The molecular formula is C18H21F2N12O8P2S2+. The molecule has 26 heteroatoms. The van der Waals surface area contributed by atoms with Gasteiger partial charge in [-0.1, -0.05) is 10.4 Å². The molecule has 2 aliphatic rings. The van der Waals surface area contributed by atoms with Crippen molar-refractivity contribution in [1.29, 1.82) is 0 Å². The molecule has 6 rings (SSSR count). The molecule has 4 aromatic heterocycles. The zero-order valence-corrected chi connectivity index (χ0v) is 25.1. The molecule has 0 spiro atoms. The third-order valence-corrected chi connectivity index (χ3v) is 10.4. The minimum absolute atomic E-state index is 0.0161. The van der Waals surface area contributed by atoms with E-state index in [9.17, 15) is 19.4 Å². The van der Waals surface area contributed by atoms with E-state index < -0.39 is 81.3 Å². The van der Waals surface area contributed by atoms with Crippen LogP contribution in [0, 0.1) is 0 Å². The fourth-order valence-electron chi connectivity index (χ4n) is 4.90. The summed E-state index contributed by atoms with van der Waals surface area (Å²) in [6.07, 6.45) is -10.7. The van der Waals surface area contributed by atoms with Gasteiger partial charge in [0.2, 0.25) is 5.95 Å². The van der Waals surface area contributed by atoms with Crippen molar-refractivity contribution in [2.45, 2.75) is 48.8 Å². The Hall–Kier alpha value is -2.92. The zero-order chi connectivity index (χ0) is 31.5. The highest BCUT2D eigenvalue weighted by Crippen LogP contribution is 2.58. The summed E-state index contributed by atoms with van der Waals surface area (Å²) in [6, 6.07) is 0. The van der Waals surface area contributed by atoms with E-state index >= 15 is 8.78 Å². The number of rotatable bonds is 9. The summed E-state index contributed by atoms with van der Waals surface area (Å²) in [5.74, 6) is -0.341. The van der Waals surface area contributed by atoms with E-state index in [1.807, 2.05) is 0 Å². The van der Waals surface area contributed by atoms with E-state index in [1.165, 1.54) is 0 Å². The number of hydrogen-bond donors (Lipinski definition) is 6. The van der Waals surface area contributed by atoms with Crippen LogP contribution in [0.3, 0.4) is 0 Å². The van der Waals surface area contributed by atoms with Crippen molar-refractivity contribution in [2.75, 3.05) is 24.7 Å². The molecule has 7 N–H and O–H groups in total. The Bertz CT molecular complexity index is 1850.